The molecular weight excluding hydrogens is 120 g/mol. The molecule has 1 N–H and O–H groups in total. The van der Waals surface area contributed by atoms with Gasteiger partial charge in [-0.3, -0.25) is 0 Å². The predicted octanol–water partition coefficient (Wildman–Crippen LogP) is -0.260. The Balaban J connectivity index is 2.07. The van der Waals surface area contributed by atoms with Crippen LogP contribution >= 0.6 is 0 Å². The van der Waals surface area contributed by atoms with Crippen LogP contribution in [0.15, 0.2) is 0 Å². The Kier molecular flexibility index (Phi) is 1.22. The number of hydrogen-bond acceptors (Lipinski definition) is 3. The van der Waals surface area contributed by atoms with Crippen molar-refractivity contribution in [3.05, 3.63) is 0 Å². The molecule has 2 saturated heterocycles. The van der Waals surface area contributed by atoms with Gasteiger partial charge in [0, 0.05) is 5.92 Å². The number of aliphatic hydroxyl groups is 1. The van der Waals surface area contributed by atoms with Crippen LogP contribution in [0.2, 0.25) is 0 Å². The van der Waals surface area contributed by atoms with E-state index in [0.29, 0.717) is 6.61 Å². The fourth-order valence-electron chi connectivity index (χ4n) is 1.44. The van der Waals surface area contributed by atoms with Gasteiger partial charge in [-0.05, 0) is 6.42 Å². The summed E-state index contributed by atoms with van der Waals surface area (Å²) in [6, 6.07) is 0. The fraction of sp³-hybridized carbons (Fsp3) is 1.00. The monoisotopic (exact) mass is 130 g/mol. The smallest absolute Gasteiger partial charge is 0.163 e. The quantitative estimate of drug-likeness (QED) is 0.491. The largest absolute Gasteiger partial charge is 0.390 e. The molecule has 0 aromatic carbocycles. The van der Waals surface area contributed by atoms with Crippen molar-refractivity contribution in [2.24, 2.45) is 5.92 Å². The first kappa shape index (κ1) is 5.65. The van der Waals surface area contributed by atoms with Crippen LogP contribution in [0.4, 0.5) is 0 Å². The first-order valence-corrected chi connectivity index (χ1v) is 3.29. The Labute approximate surface area is 53.6 Å². The van der Waals surface area contributed by atoms with Gasteiger partial charge < -0.3 is 14.6 Å². The van der Waals surface area contributed by atoms with Crippen LogP contribution in [0.25, 0.3) is 0 Å². The van der Waals surface area contributed by atoms with Crippen molar-refractivity contribution < 1.29 is 14.6 Å². The maximum Gasteiger partial charge on any atom is 0.163 e. The summed E-state index contributed by atoms with van der Waals surface area (Å²) < 4.78 is 10.3. The zero-order chi connectivity index (χ0) is 6.27. The lowest BCUT2D eigenvalue weighted by atomic mass is 10.0. The van der Waals surface area contributed by atoms with Crippen molar-refractivity contribution >= 4 is 0 Å². The summed E-state index contributed by atoms with van der Waals surface area (Å²) in [5, 5.41) is 9.19. The normalized spacial score (nSPS) is 49.7. The van der Waals surface area contributed by atoms with E-state index < -0.39 is 0 Å². The minimum absolute atomic E-state index is 0.0972. The Morgan fingerprint density at radius 2 is 2.22 bits per heavy atom. The van der Waals surface area contributed by atoms with Crippen LogP contribution in [-0.2, 0) is 9.47 Å². The number of hydrogen-bond donors (Lipinski definition) is 1. The van der Waals surface area contributed by atoms with Crippen molar-refractivity contribution in [2.45, 2.75) is 18.8 Å². The van der Waals surface area contributed by atoms with Gasteiger partial charge in [0.1, 0.15) is 0 Å². The van der Waals surface area contributed by atoms with E-state index in [1.165, 1.54) is 0 Å². The zero-order valence-corrected chi connectivity index (χ0v) is 5.12. The van der Waals surface area contributed by atoms with Crippen LogP contribution in [0.5, 0.6) is 0 Å². The molecule has 3 heteroatoms. The Morgan fingerprint density at radius 1 is 1.33 bits per heavy atom. The van der Waals surface area contributed by atoms with Crippen LogP contribution in [0.1, 0.15) is 6.42 Å². The minimum Gasteiger partial charge on any atom is -0.390 e. The summed E-state index contributed by atoms with van der Waals surface area (Å²) in [7, 11) is 0. The lowest BCUT2D eigenvalue weighted by Gasteiger charge is -2.06. The first-order valence-electron chi connectivity index (χ1n) is 3.29. The Hall–Kier alpha value is -0.120. The predicted molar refractivity (Wildman–Crippen MR) is 29.8 cm³/mol. The third kappa shape index (κ3) is 0.764. The van der Waals surface area contributed by atoms with E-state index in [1.807, 2.05) is 0 Å². The van der Waals surface area contributed by atoms with E-state index >= 15 is 0 Å². The van der Waals surface area contributed by atoms with E-state index in [4.69, 9.17) is 9.47 Å². The van der Waals surface area contributed by atoms with E-state index in [-0.39, 0.29) is 18.3 Å². The third-order valence-electron chi connectivity index (χ3n) is 2.01. The molecule has 2 aliphatic rings. The SMILES string of the molecule is O[C@@H]1CO[C@H]2OCC[C@@H]21. The Morgan fingerprint density at radius 3 is 3.00 bits per heavy atom. The van der Waals surface area contributed by atoms with Gasteiger partial charge in [-0.1, -0.05) is 0 Å². The lowest BCUT2D eigenvalue weighted by molar-refractivity contribution is -0.0907. The van der Waals surface area contributed by atoms with Gasteiger partial charge in [0.25, 0.3) is 0 Å². The van der Waals surface area contributed by atoms with Gasteiger partial charge in [0.2, 0.25) is 0 Å². The maximum absolute atomic E-state index is 9.19. The Bertz CT molecular complexity index is 115. The third-order valence-corrected chi connectivity index (χ3v) is 2.01. The molecule has 3 atom stereocenters. The molecule has 0 unspecified atom stereocenters. The number of aliphatic hydroxyl groups excluding tert-OH is 1. The fourth-order valence-corrected chi connectivity index (χ4v) is 1.44. The summed E-state index contributed by atoms with van der Waals surface area (Å²) in [4.78, 5) is 0. The topological polar surface area (TPSA) is 38.7 Å². The summed E-state index contributed by atoms with van der Waals surface area (Å²) >= 11 is 0. The second kappa shape index (κ2) is 1.94. The molecule has 0 amide bonds. The van der Waals surface area contributed by atoms with Crippen molar-refractivity contribution in [3.63, 3.8) is 0 Å². The molecule has 3 nitrogen and oxygen atoms in total. The highest BCUT2D eigenvalue weighted by molar-refractivity contribution is 4.81. The highest BCUT2D eigenvalue weighted by atomic mass is 16.7. The number of ether oxygens (including phenoxy) is 2. The van der Waals surface area contributed by atoms with Crippen LogP contribution < -0.4 is 0 Å². The maximum atomic E-state index is 9.19. The van der Waals surface area contributed by atoms with Gasteiger partial charge in [-0.15, -0.1) is 0 Å². The molecule has 0 spiro atoms. The molecule has 2 fully saturated rings. The second-order valence-corrected chi connectivity index (χ2v) is 2.59. The van der Waals surface area contributed by atoms with Gasteiger partial charge in [0.05, 0.1) is 19.3 Å². The molecule has 0 saturated carbocycles. The summed E-state index contributed by atoms with van der Waals surface area (Å²) in [5.41, 5.74) is 0. The average molecular weight is 130 g/mol. The molecule has 2 aliphatic heterocycles. The molecular formula is C6H10O3. The molecule has 2 heterocycles. The molecule has 0 aromatic heterocycles. The number of fused-ring (bicyclic) bond motifs is 1. The van der Waals surface area contributed by atoms with E-state index in [9.17, 15) is 5.11 Å². The first-order chi connectivity index (χ1) is 4.38. The lowest BCUT2D eigenvalue weighted by Crippen LogP contribution is -2.18. The molecule has 0 aliphatic carbocycles. The molecule has 2 rings (SSSR count). The highest BCUT2D eigenvalue weighted by Gasteiger charge is 2.40. The molecule has 9 heavy (non-hydrogen) atoms. The standard InChI is InChI=1S/C6H10O3/c7-5-3-9-6-4(5)1-2-8-6/h4-7H,1-3H2/t4-,5-,6-/m1/s1. The summed E-state index contributed by atoms with van der Waals surface area (Å²) in [6.45, 7) is 1.20. The van der Waals surface area contributed by atoms with Crippen molar-refractivity contribution in [2.75, 3.05) is 13.2 Å². The highest BCUT2D eigenvalue weighted by Crippen LogP contribution is 2.30. The minimum atomic E-state index is -0.280. The van der Waals surface area contributed by atoms with E-state index in [1.54, 1.807) is 0 Å². The van der Waals surface area contributed by atoms with Crippen LogP contribution in [-0.4, -0.2) is 30.7 Å². The summed E-state index contributed by atoms with van der Waals surface area (Å²) in [6.07, 6.45) is 0.573. The molecule has 52 valence electrons. The summed E-state index contributed by atoms with van der Waals surface area (Å²) in [5.74, 6) is 0.255. The van der Waals surface area contributed by atoms with Gasteiger partial charge >= 0.3 is 0 Å². The van der Waals surface area contributed by atoms with Gasteiger partial charge in [0.15, 0.2) is 6.29 Å². The molecule has 0 aromatic rings. The van der Waals surface area contributed by atoms with Crippen LogP contribution in [0, 0.1) is 5.92 Å². The zero-order valence-electron chi connectivity index (χ0n) is 5.12. The van der Waals surface area contributed by atoms with Crippen molar-refractivity contribution in [3.8, 4) is 0 Å². The number of rotatable bonds is 0. The van der Waals surface area contributed by atoms with E-state index in [0.717, 1.165) is 13.0 Å². The molecule has 0 radical (unpaired) electrons. The van der Waals surface area contributed by atoms with Gasteiger partial charge in [-0.25, -0.2) is 0 Å². The van der Waals surface area contributed by atoms with E-state index in [2.05, 4.69) is 0 Å². The van der Waals surface area contributed by atoms with Crippen molar-refractivity contribution in [1.29, 1.82) is 0 Å². The van der Waals surface area contributed by atoms with Gasteiger partial charge in [-0.2, -0.15) is 0 Å². The second-order valence-electron chi connectivity index (χ2n) is 2.59. The average Bonchev–Trinajstić information content (AvgIpc) is 2.35. The molecule has 0 bridgehead atoms. The van der Waals surface area contributed by atoms with Crippen molar-refractivity contribution in [1.82, 2.24) is 0 Å². The van der Waals surface area contributed by atoms with Crippen LogP contribution in [0.3, 0.4) is 0 Å².